The number of likely N-dealkylation sites (N-methyl/N-ethyl adjacent to an activating group) is 1. The fourth-order valence-electron chi connectivity index (χ4n) is 4.35. The highest BCUT2D eigenvalue weighted by atomic mass is 16.5. The summed E-state index contributed by atoms with van der Waals surface area (Å²) < 4.78 is 6.32. The Hall–Kier alpha value is -4.04. The molecule has 1 aromatic carbocycles. The number of hydrogen-bond acceptors (Lipinski definition) is 6. The molecule has 0 spiro atoms. The zero-order valence-corrected chi connectivity index (χ0v) is 22.0. The second kappa shape index (κ2) is 12.5. The minimum atomic E-state index is -0.411. The number of aliphatic hydroxyl groups is 1. The molecule has 3 heterocycles. The zero-order valence-electron chi connectivity index (χ0n) is 22.0. The smallest absolute Gasteiger partial charge is 0.259 e. The summed E-state index contributed by atoms with van der Waals surface area (Å²) in [5.41, 5.74) is 2.83. The van der Waals surface area contributed by atoms with Crippen LogP contribution in [0.5, 0.6) is 5.88 Å². The molecule has 1 aliphatic rings. The number of carbonyl (C=O) groups is 2. The van der Waals surface area contributed by atoms with E-state index in [4.69, 9.17) is 4.74 Å². The van der Waals surface area contributed by atoms with Gasteiger partial charge >= 0.3 is 0 Å². The zero-order chi connectivity index (χ0) is 27.1. The lowest BCUT2D eigenvalue weighted by molar-refractivity contribution is -0.130. The molecule has 0 saturated carbocycles. The van der Waals surface area contributed by atoms with Crippen LogP contribution in [0, 0.1) is 5.92 Å². The Kier molecular flexibility index (Phi) is 8.86. The molecule has 198 valence electrons. The Morgan fingerprint density at radius 1 is 1.16 bits per heavy atom. The average Bonchev–Trinajstić information content (AvgIpc) is 2.94. The van der Waals surface area contributed by atoms with Gasteiger partial charge in [0.2, 0.25) is 11.8 Å². The van der Waals surface area contributed by atoms with Crippen LogP contribution >= 0.6 is 0 Å². The highest BCUT2D eigenvalue weighted by Crippen LogP contribution is 2.28. The van der Waals surface area contributed by atoms with E-state index in [9.17, 15) is 14.7 Å². The SMILES string of the molecule is C[C@H](CO)N1C[C@H](C)[C@H](CN(C)C(=O)Cc2ccccn2)Oc2ncc(/C=C/c3ccccc3)cc2C1=O. The first-order valence-electron chi connectivity index (χ1n) is 12.8. The number of hydrogen-bond donors (Lipinski definition) is 1. The van der Waals surface area contributed by atoms with Crippen LogP contribution in [0.4, 0.5) is 0 Å². The largest absolute Gasteiger partial charge is 0.472 e. The average molecular weight is 515 g/mol. The summed E-state index contributed by atoms with van der Waals surface area (Å²) in [5, 5.41) is 9.88. The fourth-order valence-corrected chi connectivity index (χ4v) is 4.35. The van der Waals surface area contributed by atoms with Crippen molar-refractivity contribution in [3.05, 3.63) is 89.4 Å². The van der Waals surface area contributed by atoms with Gasteiger partial charge in [-0.1, -0.05) is 55.5 Å². The van der Waals surface area contributed by atoms with Crippen molar-refractivity contribution in [3.8, 4) is 5.88 Å². The predicted octanol–water partition coefficient (Wildman–Crippen LogP) is 3.57. The van der Waals surface area contributed by atoms with Gasteiger partial charge in [-0.05, 0) is 36.2 Å². The first-order valence-corrected chi connectivity index (χ1v) is 12.8. The number of pyridine rings is 2. The standard InChI is InChI=1S/C30H34N4O4/c1-21-18-34(22(2)20-35)30(37)26-15-24(13-12-23-9-5-4-6-10-23)17-32-29(26)38-27(21)19-33(3)28(36)16-25-11-7-8-14-31-25/h4-15,17,21-22,27,35H,16,18-20H2,1-3H3/b13-12+/t21-,22+,27-/m0/s1. The molecule has 0 fully saturated rings. The minimum absolute atomic E-state index is 0.0761. The van der Waals surface area contributed by atoms with E-state index >= 15 is 0 Å². The van der Waals surface area contributed by atoms with Crippen LogP contribution in [0.25, 0.3) is 12.2 Å². The van der Waals surface area contributed by atoms with Gasteiger partial charge in [0.15, 0.2) is 0 Å². The number of ether oxygens (including phenoxy) is 1. The van der Waals surface area contributed by atoms with Crippen LogP contribution in [0.2, 0.25) is 0 Å². The van der Waals surface area contributed by atoms with Crippen molar-refractivity contribution in [2.45, 2.75) is 32.4 Å². The van der Waals surface area contributed by atoms with Crippen molar-refractivity contribution >= 4 is 24.0 Å². The van der Waals surface area contributed by atoms with Gasteiger partial charge in [0.25, 0.3) is 5.91 Å². The van der Waals surface area contributed by atoms with Gasteiger partial charge in [0, 0.05) is 37.6 Å². The van der Waals surface area contributed by atoms with E-state index in [1.165, 1.54) is 0 Å². The molecule has 0 bridgehead atoms. The van der Waals surface area contributed by atoms with Crippen LogP contribution in [-0.2, 0) is 11.2 Å². The number of aliphatic hydroxyl groups excluding tert-OH is 1. The van der Waals surface area contributed by atoms with Gasteiger partial charge in [-0.25, -0.2) is 4.98 Å². The first-order chi connectivity index (χ1) is 18.4. The number of carbonyl (C=O) groups excluding carboxylic acids is 2. The number of aromatic nitrogens is 2. The molecule has 2 aromatic heterocycles. The topological polar surface area (TPSA) is 95.9 Å². The fraction of sp³-hybridized carbons (Fsp3) is 0.333. The van der Waals surface area contributed by atoms with E-state index in [2.05, 4.69) is 9.97 Å². The molecule has 4 rings (SSSR count). The van der Waals surface area contributed by atoms with Crippen molar-refractivity contribution in [3.63, 3.8) is 0 Å². The van der Waals surface area contributed by atoms with Gasteiger partial charge in [-0.15, -0.1) is 0 Å². The normalized spacial score (nSPS) is 18.3. The third kappa shape index (κ3) is 6.63. The van der Waals surface area contributed by atoms with E-state index in [1.807, 2.05) is 74.5 Å². The number of rotatable bonds is 8. The van der Waals surface area contributed by atoms with E-state index in [0.717, 1.165) is 11.1 Å². The van der Waals surface area contributed by atoms with Crippen LogP contribution < -0.4 is 4.74 Å². The molecule has 8 heteroatoms. The van der Waals surface area contributed by atoms with Crippen LogP contribution in [0.3, 0.4) is 0 Å². The van der Waals surface area contributed by atoms with E-state index in [1.54, 1.807) is 35.3 Å². The summed E-state index contributed by atoms with van der Waals surface area (Å²) in [4.78, 5) is 38.6. The molecular weight excluding hydrogens is 480 g/mol. The van der Waals surface area contributed by atoms with Crippen molar-refractivity contribution < 1.29 is 19.4 Å². The molecule has 1 aliphatic heterocycles. The van der Waals surface area contributed by atoms with E-state index < -0.39 is 6.10 Å². The van der Waals surface area contributed by atoms with Crippen LogP contribution in [-0.4, -0.2) is 75.6 Å². The molecule has 8 nitrogen and oxygen atoms in total. The molecule has 0 radical (unpaired) electrons. The van der Waals surface area contributed by atoms with E-state index in [0.29, 0.717) is 24.3 Å². The predicted molar refractivity (Wildman–Crippen MR) is 146 cm³/mol. The third-order valence-corrected chi connectivity index (χ3v) is 6.75. The quantitative estimate of drug-likeness (QED) is 0.494. The van der Waals surface area contributed by atoms with E-state index in [-0.39, 0.29) is 42.7 Å². The lowest BCUT2D eigenvalue weighted by Gasteiger charge is -2.37. The maximum atomic E-state index is 13.6. The van der Waals surface area contributed by atoms with Crippen LogP contribution in [0.15, 0.2) is 67.0 Å². The van der Waals surface area contributed by atoms with Crippen molar-refractivity contribution in [1.82, 2.24) is 19.8 Å². The molecule has 2 amide bonds. The van der Waals surface area contributed by atoms with Gasteiger partial charge in [0.1, 0.15) is 11.7 Å². The Balaban J connectivity index is 1.59. The lowest BCUT2D eigenvalue weighted by Crippen LogP contribution is -2.50. The van der Waals surface area contributed by atoms with Gasteiger partial charge < -0.3 is 19.6 Å². The maximum Gasteiger partial charge on any atom is 0.259 e. The van der Waals surface area contributed by atoms with Crippen molar-refractivity contribution in [1.29, 1.82) is 0 Å². The maximum absolute atomic E-state index is 13.6. The number of benzene rings is 1. The second-order valence-corrected chi connectivity index (χ2v) is 9.76. The Morgan fingerprint density at radius 3 is 2.61 bits per heavy atom. The summed E-state index contributed by atoms with van der Waals surface area (Å²) in [6.45, 7) is 4.32. The first kappa shape index (κ1) is 27.0. The number of nitrogens with zero attached hydrogens (tertiary/aromatic N) is 4. The van der Waals surface area contributed by atoms with Gasteiger partial charge in [0.05, 0.1) is 25.6 Å². The number of amides is 2. The van der Waals surface area contributed by atoms with Crippen molar-refractivity contribution in [2.24, 2.45) is 5.92 Å². The molecule has 1 N–H and O–H groups in total. The monoisotopic (exact) mass is 514 g/mol. The molecule has 3 aromatic rings. The molecular formula is C30H34N4O4. The highest BCUT2D eigenvalue weighted by molar-refractivity contribution is 5.97. The molecule has 0 aliphatic carbocycles. The Labute approximate surface area is 223 Å². The molecule has 38 heavy (non-hydrogen) atoms. The van der Waals surface area contributed by atoms with Crippen molar-refractivity contribution in [2.75, 3.05) is 26.7 Å². The molecule has 3 atom stereocenters. The summed E-state index contributed by atoms with van der Waals surface area (Å²) in [6.07, 6.45) is 6.98. The molecule has 0 saturated heterocycles. The van der Waals surface area contributed by atoms with Crippen LogP contribution in [0.1, 0.15) is 41.0 Å². The summed E-state index contributed by atoms with van der Waals surface area (Å²) in [5.74, 6) is -0.212. The molecule has 0 unspecified atom stereocenters. The lowest BCUT2D eigenvalue weighted by atomic mass is 9.99. The number of fused-ring (bicyclic) bond motifs is 1. The summed E-state index contributed by atoms with van der Waals surface area (Å²) >= 11 is 0. The summed E-state index contributed by atoms with van der Waals surface area (Å²) in [7, 11) is 1.74. The second-order valence-electron chi connectivity index (χ2n) is 9.76. The minimum Gasteiger partial charge on any atom is -0.472 e. The third-order valence-electron chi connectivity index (χ3n) is 6.75. The van der Waals surface area contributed by atoms with Gasteiger partial charge in [-0.2, -0.15) is 0 Å². The summed E-state index contributed by atoms with van der Waals surface area (Å²) in [6, 6.07) is 16.7. The van der Waals surface area contributed by atoms with Gasteiger partial charge in [-0.3, -0.25) is 14.6 Å². The highest BCUT2D eigenvalue weighted by Gasteiger charge is 2.34. The Bertz CT molecular complexity index is 1270. The Morgan fingerprint density at radius 2 is 1.89 bits per heavy atom.